The van der Waals surface area contributed by atoms with E-state index in [4.69, 9.17) is 0 Å². The van der Waals surface area contributed by atoms with Gasteiger partial charge in [0.25, 0.3) is 0 Å². The highest BCUT2D eigenvalue weighted by Gasteiger charge is 2.36. The van der Waals surface area contributed by atoms with Gasteiger partial charge in [-0.3, -0.25) is 14.5 Å². The van der Waals surface area contributed by atoms with Crippen molar-refractivity contribution < 1.29 is 9.59 Å². The Labute approximate surface area is 175 Å². The van der Waals surface area contributed by atoms with Crippen molar-refractivity contribution in [1.29, 1.82) is 0 Å². The molecule has 1 aromatic carbocycles. The summed E-state index contributed by atoms with van der Waals surface area (Å²) in [4.78, 5) is 32.1. The van der Waals surface area contributed by atoms with Gasteiger partial charge in [-0.05, 0) is 30.7 Å². The van der Waals surface area contributed by atoms with Crippen LogP contribution in [0.15, 0.2) is 30.3 Å². The van der Waals surface area contributed by atoms with Crippen molar-refractivity contribution in [3.63, 3.8) is 0 Å². The molecule has 1 aliphatic carbocycles. The van der Waals surface area contributed by atoms with E-state index >= 15 is 0 Å². The molecule has 5 heteroatoms. The molecular weight excluding hydrogens is 362 g/mol. The molecule has 0 aromatic heterocycles. The first-order valence-corrected chi connectivity index (χ1v) is 11.6. The zero-order valence-corrected chi connectivity index (χ0v) is 17.6. The van der Waals surface area contributed by atoms with Crippen molar-refractivity contribution in [3.05, 3.63) is 35.9 Å². The summed E-state index contributed by atoms with van der Waals surface area (Å²) in [6.45, 7) is 4.89. The third-order valence-corrected chi connectivity index (χ3v) is 7.05. The molecule has 2 aliphatic heterocycles. The highest BCUT2D eigenvalue weighted by molar-refractivity contribution is 5.84. The van der Waals surface area contributed by atoms with E-state index < -0.39 is 0 Å². The van der Waals surface area contributed by atoms with Crippen molar-refractivity contribution in [2.45, 2.75) is 64.0 Å². The van der Waals surface area contributed by atoms with Crippen LogP contribution in [0.5, 0.6) is 0 Å². The quantitative estimate of drug-likeness (QED) is 0.740. The van der Waals surface area contributed by atoms with Gasteiger partial charge in [0.2, 0.25) is 11.8 Å². The van der Waals surface area contributed by atoms with Crippen molar-refractivity contribution >= 4 is 11.8 Å². The van der Waals surface area contributed by atoms with E-state index in [1.807, 2.05) is 23.1 Å². The first-order valence-electron chi connectivity index (χ1n) is 11.6. The minimum atomic E-state index is -0.00717. The number of likely N-dealkylation sites (tertiary alicyclic amines) is 1. The molecule has 2 heterocycles. The highest BCUT2D eigenvalue weighted by Crippen LogP contribution is 2.29. The largest absolute Gasteiger partial charge is 0.341 e. The van der Waals surface area contributed by atoms with Crippen LogP contribution in [-0.2, 0) is 16.1 Å². The summed E-state index contributed by atoms with van der Waals surface area (Å²) in [7, 11) is 0. The van der Waals surface area contributed by atoms with Crippen LogP contribution in [0, 0.1) is 5.92 Å². The minimum Gasteiger partial charge on any atom is -0.341 e. The highest BCUT2D eigenvalue weighted by atomic mass is 16.2. The fourth-order valence-electron chi connectivity index (χ4n) is 5.31. The normalized spacial score (nSPS) is 24.3. The standard InChI is InChI=1S/C24H35N3O2/c28-23(12-11-20-7-4-5-8-20)26-15-6-14-25(17-18-26)22-13-16-27(24(22)29)19-21-9-2-1-3-10-21/h1-3,9-10,20,22H,4-8,11-19H2/t22-/m1/s1. The van der Waals surface area contributed by atoms with Crippen LogP contribution in [0.3, 0.4) is 0 Å². The lowest BCUT2D eigenvalue weighted by Crippen LogP contribution is -2.44. The average molecular weight is 398 g/mol. The Morgan fingerprint density at radius 3 is 2.48 bits per heavy atom. The van der Waals surface area contributed by atoms with Crippen LogP contribution < -0.4 is 0 Å². The lowest BCUT2D eigenvalue weighted by molar-refractivity contribution is -0.132. The molecule has 1 atom stereocenters. The van der Waals surface area contributed by atoms with E-state index in [1.165, 1.54) is 31.2 Å². The molecule has 1 saturated carbocycles. The molecule has 3 aliphatic rings. The maximum atomic E-state index is 13.0. The monoisotopic (exact) mass is 397 g/mol. The number of rotatable bonds is 6. The Kier molecular flexibility index (Phi) is 6.86. The summed E-state index contributed by atoms with van der Waals surface area (Å²) in [6, 6.07) is 10.2. The Morgan fingerprint density at radius 1 is 0.897 bits per heavy atom. The van der Waals surface area contributed by atoms with Gasteiger partial charge in [0.15, 0.2) is 0 Å². The molecule has 0 radical (unpaired) electrons. The molecule has 4 rings (SSSR count). The van der Waals surface area contributed by atoms with Gasteiger partial charge in [-0.1, -0.05) is 56.0 Å². The second-order valence-corrected chi connectivity index (χ2v) is 9.01. The lowest BCUT2D eigenvalue weighted by Gasteiger charge is -2.27. The van der Waals surface area contributed by atoms with Crippen molar-refractivity contribution in [3.8, 4) is 0 Å². The molecule has 0 spiro atoms. The summed E-state index contributed by atoms with van der Waals surface area (Å²) in [5.74, 6) is 1.35. The van der Waals surface area contributed by atoms with Crippen LogP contribution in [0.25, 0.3) is 0 Å². The molecule has 2 saturated heterocycles. The summed E-state index contributed by atoms with van der Waals surface area (Å²) < 4.78 is 0. The minimum absolute atomic E-state index is 0.00717. The van der Waals surface area contributed by atoms with E-state index in [0.29, 0.717) is 18.9 Å². The second-order valence-electron chi connectivity index (χ2n) is 9.01. The third-order valence-electron chi connectivity index (χ3n) is 7.05. The van der Waals surface area contributed by atoms with E-state index in [0.717, 1.165) is 57.9 Å². The SMILES string of the molecule is O=C(CCC1CCCC1)N1CCCN([C@@H]2CCN(Cc3ccccc3)C2=O)CC1. The van der Waals surface area contributed by atoms with Crippen LogP contribution >= 0.6 is 0 Å². The first kappa shape index (κ1) is 20.4. The zero-order valence-electron chi connectivity index (χ0n) is 17.6. The van der Waals surface area contributed by atoms with Gasteiger partial charge in [0.1, 0.15) is 0 Å². The van der Waals surface area contributed by atoms with E-state index in [2.05, 4.69) is 21.9 Å². The molecular formula is C24H35N3O2. The second kappa shape index (κ2) is 9.75. The lowest BCUT2D eigenvalue weighted by atomic mass is 10.0. The van der Waals surface area contributed by atoms with Crippen LogP contribution in [-0.4, -0.2) is 65.3 Å². The topological polar surface area (TPSA) is 43.9 Å². The molecule has 0 unspecified atom stereocenters. The van der Waals surface area contributed by atoms with Crippen LogP contribution in [0.1, 0.15) is 56.9 Å². The number of benzene rings is 1. The van der Waals surface area contributed by atoms with E-state index in [9.17, 15) is 9.59 Å². The Bertz CT molecular complexity index is 687. The summed E-state index contributed by atoms with van der Waals surface area (Å²) in [6.07, 6.45) is 8.95. The molecule has 0 bridgehead atoms. The van der Waals surface area contributed by atoms with Crippen molar-refractivity contribution in [2.75, 3.05) is 32.7 Å². The van der Waals surface area contributed by atoms with E-state index in [1.54, 1.807) is 0 Å². The van der Waals surface area contributed by atoms with Gasteiger partial charge in [0.05, 0.1) is 6.04 Å². The average Bonchev–Trinajstić information content (AvgIpc) is 3.31. The number of carbonyl (C=O) groups excluding carboxylic acids is 2. The van der Waals surface area contributed by atoms with Gasteiger partial charge in [-0.15, -0.1) is 0 Å². The summed E-state index contributed by atoms with van der Waals surface area (Å²) >= 11 is 0. The number of carbonyl (C=O) groups is 2. The molecule has 3 fully saturated rings. The van der Waals surface area contributed by atoms with Gasteiger partial charge in [0, 0.05) is 45.7 Å². The zero-order chi connectivity index (χ0) is 20.1. The fraction of sp³-hybridized carbons (Fsp3) is 0.667. The maximum absolute atomic E-state index is 13.0. The van der Waals surface area contributed by atoms with Crippen LogP contribution in [0.4, 0.5) is 0 Å². The van der Waals surface area contributed by atoms with Gasteiger partial charge < -0.3 is 9.80 Å². The molecule has 158 valence electrons. The predicted octanol–water partition coefficient (Wildman–Crippen LogP) is 3.29. The first-order chi connectivity index (χ1) is 14.2. The smallest absolute Gasteiger partial charge is 0.240 e. The summed E-state index contributed by atoms with van der Waals surface area (Å²) in [5.41, 5.74) is 1.19. The number of hydrogen-bond donors (Lipinski definition) is 0. The van der Waals surface area contributed by atoms with Crippen molar-refractivity contribution in [2.24, 2.45) is 5.92 Å². The molecule has 1 aromatic rings. The fourth-order valence-corrected chi connectivity index (χ4v) is 5.31. The third kappa shape index (κ3) is 5.19. The maximum Gasteiger partial charge on any atom is 0.240 e. The van der Waals surface area contributed by atoms with Gasteiger partial charge >= 0.3 is 0 Å². The Balaban J connectivity index is 1.26. The number of amides is 2. The van der Waals surface area contributed by atoms with E-state index in [-0.39, 0.29) is 11.9 Å². The van der Waals surface area contributed by atoms with Crippen molar-refractivity contribution in [1.82, 2.24) is 14.7 Å². The Hall–Kier alpha value is -1.88. The van der Waals surface area contributed by atoms with Gasteiger partial charge in [-0.25, -0.2) is 0 Å². The molecule has 5 nitrogen and oxygen atoms in total. The molecule has 0 N–H and O–H groups in total. The molecule has 2 amide bonds. The predicted molar refractivity (Wildman–Crippen MR) is 114 cm³/mol. The van der Waals surface area contributed by atoms with Crippen LogP contribution in [0.2, 0.25) is 0 Å². The Morgan fingerprint density at radius 2 is 1.69 bits per heavy atom. The molecule has 29 heavy (non-hydrogen) atoms. The number of nitrogens with zero attached hydrogens (tertiary/aromatic N) is 3. The van der Waals surface area contributed by atoms with Gasteiger partial charge in [-0.2, -0.15) is 0 Å². The number of hydrogen-bond acceptors (Lipinski definition) is 3. The summed E-state index contributed by atoms with van der Waals surface area (Å²) in [5, 5.41) is 0.